The molecule has 1 unspecified atom stereocenters. The molecular formula is C17H22N4O2S. The van der Waals surface area contributed by atoms with E-state index >= 15 is 0 Å². The zero-order valence-corrected chi connectivity index (χ0v) is 14.5. The summed E-state index contributed by atoms with van der Waals surface area (Å²) in [4.78, 5) is 32.5. The Morgan fingerprint density at radius 3 is 2.46 bits per heavy atom. The van der Waals surface area contributed by atoms with Gasteiger partial charge in [-0.1, -0.05) is 18.2 Å². The molecular weight excluding hydrogens is 324 g/mol. The monoisotopic (exact) mass is 346 g/mol. The van der Waals surface area contributed by atoms with E-state index in [4.69, 9.17) is 0 Å². The molecule has 128 valence electrons. The average Bonchev–Trinajstić information content (AvgIpc) is 3.19. The summed E-state index contributed by atoms with van der Waals surface area (Å²) in [5.41, 5.74) is 1.26. The molecule has 0 radical (unpaired) electrons. The number of benzene rings is 1. The molecule has 0 bridgehead atoms. The van der Waals surface area contributed by atoms with E-state index in [2.05, 4.69) is 34.1 Å². The van der Waals surface area contributed by atoms with Crippen molar-refractivity contribution < 1.29 is 9.59 Å². The fourth-order valence-corrected chi connectivity index (χ4v) is 4.72. The minimum Gasteiger partial charge on any atom is -0.369 e. The molecule has 0 N–H and O–H groups in total. The number of nitrogens with zero attached hydrogens (tertiary/aromatic N) is 4. The van der Waals surface area contributed by atoms with E-state index < -0.39 is 0 Å². The summed E-state index contributed by atoms with van der Waals surface area (Å²) >= 11 is 1.66. The number of carbonyl (C=O) groups excluding carboxylic acids is 2. The maximum atomic E-state index is 12.3. The van der Waals surface area contributed by atoms with Crippen LogP contribution in [0.3, 0.4) is 0 Å². The predicted octanol–water partition coefficient (Wildman–Crippen LogP) is 1.15. The highest BCUT2D eigenvalue weighted by molar-refractivity contribution is 7.99. The zero-order chi connectivity index (χ0) is 16.5. The van der Waals surface area contributed by atoms with Gasteiger partial charge in [-0.15, -0.1) is 11.8 Å². The number of imide groups is 1. The molecule has 3 amide bonds. The number of hydrogen-bond acceptors (Lipinski definition) is 5. The van der Waals surface area contributed by atoms with Crippen molar-refractivity contribution in [2.45, 2.75) is 6.04 Å². The first kappa shape index (κ1) is 15.8. The third kappa shape index (κ3) is 2.86. The standard InChI is InChI=1S/C17H22N4O2S/c22-16-15-12-24-13-21(15)17(23)20(16)11-8-18-6-9-19(10-7-18)14-4-2-1-3-5-14/h1-5,15H,6-13H2. The number of anilines is 1. The van der Waals surface area contributed by atoms with Gasteiger partial charge in [0, 0.05) is 50.7 Å². The van der Waals surface area contributed by atoms with Gasteiger partial charge in [-0.3, -0.25) is 14.6 Å². The van der Waals surface area contributed by atoms with Crippen LogP contribution in [-0.4, -0.2) is 83.6 Å². The summed E-state index contributed by atoms with van der Waals surface area (Å²) in [5, 5.41) is 0. The van der Waals surface area contributed by atoms with Gasteiger partial charge in [0.15, 0.2) is 0 Å². The Balaban J connectivity index is 1.28. The molecule has 0 spiro atoms. The third-order valence-electron chi connectivity index (χ3n) is 5.04. The second-order valence-corrected chi connectivity index (χ2v) is 7.42. The molecule has 7 heteroatoms. The number of hydrogen-bond donors (Lipinski definition) is 0. The van der Waals surface area contributed by atoms with E-state index in [1.54, 1.807) is 16.7 Å². The fraction of sp³-hybridized carbons (Fsp3) is 0.529. The van der Waals surface area contributed by atoms with Gasteiger partial charge in [-0.25, -0.2) is 4.79 Å². The molecule has 3 aliphatic rings. The van der Waals surface area contributed by atoms with Crippen LogP contribution in [0.1, 0.15) is 0 Å². The van der Waals surface area contributed by atoms with E-state index in [0.717, 1.165) is 38.5 Å². The molecule has 6 nitrogen and oxygen atoms in total. The van der Waals surface area contributed by atoms with Crippen molar-refractivity contribution >= 4 is 29.4 Å². The molecule has 3 fully saturated rings. The van der Waals surface area contributed by atoms with Crippen LogP contribution in [-0.2, 0) is 4.79 Å². The van der Waals surface area contributed by atoms with Crippen molar-refractivity contribution in [2.75, 3.05) is 55.8 Å². The van der Waals surface area contributed by atoms with Crippen LogP contribution in [0.2, 0.25) is 0 Å². The molecule has 24 heavy (non-hydrogen) atoms. The number of thioether (sulfide) groups is 1. The summed E-state index contributed by atoms with van der Waals surface area (Å²) in [6, 6.07) is 10.1. The van der Waals surface area contributed by atoms with Crippen molar-refractivity contribution in [3.05, 3.63) is 30.3 Å². The summed E-state index contributed by atoms with van der Waals surface area (Å²) in [7, 11) is 0. The summed E-state index contributed by atoms with van der Waals surface area (Å²) in [5.74, 6) is 1.39. The Kier molecular flexibility index (Phi) is 4.37. The van der Waals surface area contributed by atoms with E-state index in [0.29, 0.717) is 12.4 Å². The number of piperazine rings is 1. The molecule has 1 aromatic carbocycles. The van der Waals surface area contributed by atoms with Gasteiger partial charge in [-0.2, -0.15) is 0 Å². The number of carbonyl (C=O) groups is 2. The number of urea groups is 1. The first-order chi connectivity index (χ1) is 11.7. The first-order valence-electron chi connectivity index (χ1n) is 8.46. The third-order valence-corrected chi connectivity index (χ3v) is 6.06. The van der Waals surface area contributed by atoms with Crippen LogP contribution in [0.15, 0.2) is 30.3 Å². The van der Waals surface area contributed by atoms with Crippen LogP contribution < -0.4 is 4.90 Å². The largest absolute Gasteiger partial charge is 0.369 e. The molecule has 0 aliphatic carbocycles. The lowest BCUT2D eigenvalue weighted by atomic mass is 10.2. The molecule has 3 heterocycles. The van der Waals surface area contributed by atoms with Gasteiger partial charge in [-0.05, 0) is 12.1 Å². The first-order valence-corrected chi connectivity index (χ1v) is 9.61. The lowest BCUT2D eigenvalue weighted by Crippen LogP contribution is -2.49. The maximum absolute atomic E-state index is 12.3. The molecule has 3 aliphatic heterocycles. The van der Waals surface area contributed by atoms with Crippen molar-refractivity contribution in [3.63, 3.8) is 0 Å². The van der Waals surface area contributed by atoms with Crippen molar-refractivity contribution in [1.29, 1.82) is 0 Å². The van der Waals surface area contributed by atoms with Crippen LogP contribution >= 0.6 is 11.8 Å². The van der Waals surface area contributed by atoms with Crippen LogP contribution in [0.4, 0.5) is 10.5 Å². The smallest absolute Gasteiger partial charge is 0.328 e. The highest BCUT2D eigenvalue weighted by Crippen LogP contribution is 2.29. The van der Waals surface area contributed by atoms with Gasteiger partial charge in [0.05, 0.1) is 5.88 Å². The zero-order valence-electron chi connectivity index (χ0n) is 13.6. The summed E-state index contributed by atoms with van der Waals surface area (Å²) < 4.78 is 0. The van der Waals surface area contributed by atoms with Gasteiger partial charge in [0.1, 0.15) is 6.04 Å². The highest BCUT2D eigenvalue weighted by Gasteiger charge is 2.47. The normalized spacial score (nSPS) is 24.8. The Labute approximate surface area is 146 Å². The lowest BCUT2D eigenvalue weighted by Gasteiger charge is -2.36. The molecule has 1 atom stereocenters. The van der Waals surface area contributed by atoms with Gasteiger partial charge in [0.2, 0.25) is 0 Å². The van der Waals surface area contributed by atoms with Crippen molar-refractivity contribution in [3.8, 4) is 0 Å². The molecule has 1 aromatic rings. The minimum atomic E-state index is -0.211. The topological polar surface area (TPSA) is 47.1 Å². The molecule has 0 aromatic heterocycles. The van der Waals surface area contributed by atoms with Crippen molar-refractivity contribution in [1.82, 2.24) is 14.7 Å². The quantitative estimate of drug-likeness (QED) is 0.766. The second-order valence-electron chi connectivity index (χ2n) is 6.42. The second kappa shape index (κ2) is 6.64. The number of amides is 3. The SMILES string of the molecule is O=C1C2CSCN2C(=O)N1CCN1CCN(c2ccccc2)CC1. The number of para-hydroxylation sites is 1. The van der Waals surface area contributed by atoms with Crippen LogP contribution in [0.5, 0.6) is 0 Å². The average molecular weight is 346 g/mol. The summed E-state index contributed by atoms with van der Waals surface area (Å²) in [6.45, 7) is 5.19. The van der Waals surface area contributed by atoms with E-state index in [9.17, 15) is 9.59 Å². The van der Waals surface area contributed by atoms with Gasteiger partial charge >= 0.3 is 6.03 Å². The van der Waals surface area contributed by atoms with E-state index in [1.807, 2.05) is 6.07 Å². The number of fused-ring (bicyclic) bond motifs is 1. The highest BCUT2D eigenvalue weighted by atomic mass is 32.2. The maximum Gasteiger partial charge on any atom is 0.328 e. The Bertz CT molecular complexity index is 596. The Hall–Kier alpha value is -1.73. The van der Waals surface area contributed by atoms with Crippen LogP contribution in [0.25, 0.3) is 0 Å². The lowest BCUT2D eigenvalue weighted by molar-refractivity contribution is -0.127. The van der Waals surface area contributed by atoms with Crippen LogP contribution in [0, 0.1) is 0 Å². The van der Waals surface area contributed by atoms with Crippen molar-refractivity contribution in [2.24, 2.45) is 0 Å². The number of rotatable bonds is 4. The Morgan fingerprint density at radius 2 is 1.75 bits per heavy atom. The molecule has 3 saturated heterocycles. The summed E-state index contributed by atoms with van der Waals surface area (Å²) in [6.07, 6.45) is 0. The van der Waals surface area contributed by atoms with E-state index in [-0.39, 0.29) is 18.0 Å². The molecule has 0 saturated carbocycles. The predicted molar refractivity (Wildman–Crippen MR) is 95.2 cm³/mol. The fourth-order valence-electron chi connectivity index (χ4n) is 3.58. The van der Waals surface area contributed by atoms with E-state index in [1.165, 1.54) is 10.6 Å². The van der Waals surface area contributed by atoms with Gasteiger partial charge < -0.3 is 9.80 Å². The molecule has 4 rings (SSSR count). The van der Waals surface area contributed by atoms with Gasteiger partial charge in [0.25, 0.3) is 5.91 Å². The Morgan fingerprint density at radius 1 is 1.00 bits per heavy atom. The minimum absolute atomic E-state index is 0.00655.